The number of aromatic nitrogens is 3. The zero-order valence-corrected chi connectivity index (χ0v) is 17.9. The lowest BCUT2D eigenvalue weighted by molar-refractivity contribution is 0.0600. The van der Waals surface area contributed by atoms with E-state index in [1.165, 1.54) is 31.0 Å². The van der Waals surface area contributed by atoms with E-state index in [9.17, 15) is 9.18 Å². The molecule has 3 aromatic carbocycles. The van der Waals surface area contributed by atoms with Gasteiger partial charge in [-0.05, 0) is 55.0 Å². The fourth-order valence-corrected chi connectivity index (χ4v) is 4.13. The Kier molecular flexibility index (Phi) is 6.13. The van der Waals surface area contributed by atoms with Gasteiger partial charge in [-0.2, -0.15) is 0 Å². The highest BCUT2D eigenvalue weighted by Crippen LogP contribution is 2.30. The average Bonchev–Trinajstić information content (AvgIpc) is 3.22. The lowest BCUT2D eigenvalue weighted by atomic mass is 10.1. The first-order valence-corrected chi connectivity index (χ1v) is 10.6. The van der Waals surface area contributed by atoms with Gasteiger partial charge in [-0.1, -0.05) is 47.7 Å². The molecule has 0 amide bonds. The molecule has 4 aromatic rings. The van der Waals surface area contributed by atoms with Crippen LogP contribution in [0.5, 0.6) is 0 Å². The Morgan fingerprint density at radius 1 is 1.00 bits per heavy atom. The van der Waals surface area contributed by atoms with Gasteiger partial charge in [0.15, 0.2) is 11.0 Å². The number of hydrogen-bond donors (Lipinski definition) is 0. The van der Waals surface area contributed by atoms with E-state index in [-0.39, 0.29) is 11.8 Å². The summed E-state index contributed by atoms with van der Waals surface area (Å²) in [4.78, 5) is 12.1. The molecule has 0 saturated carbocycles. The molecule has 0 spiro atoms. The van der Waals surface area contributed by atoms with E-state index in [0.29, 0.717) is 22.3 Å². The number of benzene rings is 3. The Bertz CT molecular complexity index is 1200. The molecule has 0 radical (unpaired) electrons. The van der Waals surface area contributed by atoms with E-state index in [4.69, 9.17) is 4.74 Å². The van der Waals surface area contributed by atoms with Crippen LogP contribution in [0, 0.1) is 12.7 Å². The van der Waals surface area contributed by atoms with Gasteiger partial charge < -0.3 is 4.74 Å². The number of esters is 1. The fourth-order valence-electron chi connectivity index (χ4n) is 3.17. The molecule has 0 bridgehead atoms. The van der Waals surface area contributed by atoms with E-state index in [0.717, 1.165) is 22.4 Å². The van der Waals surface area contributed by atoms with Crippen LogP contribution in [0.3, 0.4) is 0 Å². The van der Waals surface area contributed by atoms with E-state index >= 15 is 0 Å². The van der Waals surface area contributed by atoms with Crippen molar-refractivity contribution in [1.29, 1.82) is 0 Å². The summed E-state index contributed by atoms with van der Waals surface area (Å²) in [5.74, 6) is 0.452. The monoisotopic (exact) mass is 433 g/mol. The molecule has 0 unspecified atom stereocenters. The molecule has 0 aliphatic rings. The van der Waals surface area contributed by atoms with Gasteiger partial charge in [0, 0.05) is 17.0 Å². The normalized spacial score (nSPS) is 10.8. The van der Waals surface area contributed by atoms with Gasteiger partial charge in [0.2, 0.25) is 0 Å². The molecule has 4 rings (SSSR count). The van der Waals surface area contributed by atoms with Crippen molar-refractivity contribution < 1.29 is 13.9 Å². The largest absolute Gasteiger partial charge is 0.465 e. The van der Waals surface area contributed by atoms with Crippen molar-refractivity contribution in [2.24, 2.45) is 0 Å². The maximum atomic E-state index is 13.4. The number of nitrogens with zero attached hydrogens (tertiary/aromatic N) is 3. The average molecular weight is 434 g/mol. The van der Waals surface area contributed by atoms with Gasteiger partial charge in [-0.3, -0.25) is 4.57 Å². The summed E-state index contributed by atoms with van der Waals surface area (Å²) >= 11 is 1.47. The topological polar surface area (TPSA) is 57.0 Å². The second-order valence-electron chi connectivity index (χ2n) is 6.92. The van der Waals surface area contributed by atoms with E-state index in [1.54, 1.807) is 18.2 Å². The minimum atomic E-state index is -0.372. The summed E-state index contributed by atoms with van der Waals surface area (Å²) in [5, 5.41) is 9.44. The van der Waals surface area contributed by atoms with E-state index in [2.05, 4.69) is 10.2 Å². The molecular formula is C24H20FN3O2S. The maximum Gasteiger partial charge on any atom is 0.338 e. The number of thioether (sulfide) groups is 1. The molecule has 0 fully saturated rings. The van der Waals surface area contributed by atoms with Crippen LogP contribution in [0.1, 0.15) is 21.5 Å². The smallest absolute Gasteiger partial charge is 0.338 e. The SMILES string of the molecule is COC(=O)c1ccccc1CSc1nnc(-c2ccc(F)cc2)n1-c1ccc(C)cc1. The minimum Gasteiger partial charge on any atom is -0.465 e. The first kappa shape index (κ1) is 20.8. The highest BCUT2D eigenvalue weighted by Gasteiger charge is 2.18. The summed E-state index contributed by atoms with van der Waals surface area (Å²) in [6.07, 6.45) is 0. The number of ether oxygens (including phenoxy) is 1. The van der Waals surface area contributed by atoms with Gasteiger partial charge in [0.1, 0.15) is 5.82 Å². The Morgan fingerprint density at radius 3 is 2.42 bits per heavy atom. The van der Waals surface area contributed by atoms with Crippen LogP contribution in [0.25, 0.3) is 17.1 Å². The molecule has 1 heterocycles. The molecule has 0 atom stereocenters. The zero-order chi connectivity index (χ0) is 21.8. The lowest BCUT2D eigenvalue weighted by Crippen LogP contribution is -2.05. The van der Waals surface area contributed by atoms with Gasteiger partial charge in [0.05, 0.1) is 12.7 Å². The van der Waals surface area contributed by atoms with Crippen LogP contribution < -0.4 is 0 Å². The Hall–Kier alpha value is -3.45. The van der Waals surface area contributed by atoms with Crippen molar-refractivity contribution in [3.8, 4) is 17.1 Å². The van der Waals surface area contributed by atoms with E-state index < -0.39 is 0 Å². The first-order chi connectivity index (χ1) is 15.1. The maximum absolute atomic E-state index is 13.4. The van der Waals surface area contributed by atoms with Crippen LogP contribution in [0.15, 0.2) is 78.0 Å². The molecule has 7 heteroatoms. The minimum absolute atomic E-state index is 0.306. The van der Waals surface area contributed by atoms with Crippen LogP contribution in [-0.2, 0) is 10.5 Å². The number of methoxy groups -OCH3 is 1. The number of hydrogen-bond acceptors (Lipinski definition) is 5. The molecule has 0 N–H and O–H groups in total. The summed E-state index contributed by atoms with van der Waals surface area (Å²) in [5.41, 5.74) is 4.18. The fraction of sp³-hybridized carbons (Fsp3) is 0.125. The Labute approximate surface area is 183 Å². The number of halogens is 1. The second-order valence-corrected chi connectivity index (χ2v) is 7.86. The third-order valence-electron chi connectivity index (χ3n) is 4.81. The Morgan fingerprint density at radius 2 is 1.71 bits per heavy atom. The Balaban J connectivity index is 1.72. The van der Waals surface area contributed by atoms with Gasteiger partial charge in [-0.15, -0.1) is 10.2 Å². The predicted molar refractivity (Wildman–Crippen MR) is 119 cm³/mol. The van der Waals surface area contributed by atoms with Gasteiger partial charge in [0.25, 0.3) is 0 Å². The van der Waals surface area contributed by atoms with Crippen molar-refractivity contribution in [1.82, 2.24) is 14.8 Å². The van der Waals surface area contributed by atoms with Crippen LogP contribution >= 0.6 is 11.8 Å². The molecule has 31 heavy (non-hydrogen) atoms. The van der Waals surface area contributed by atoms with Gasteiger partial charge in [-0.25, -0.2) is 9.18 Å². The van der Waals surface area contributed by atoms with Crippen molar-refractivity contribution in [3.63, 3.8) is 0 Å². The zero-order valence-electron chi connectivity index (χ0n) is 17.1. The number of rotatable bonds is 6. The van der Waals surface area contributed by atoms with Crippen LogP contribution in [0.4, 0.5) is 4.39 Å². The van der Waals surface area contributed by atoms with Crippen LogP contribution in [0.2, 0.25) is 0 Å². The van der Waals surface area contributed by atoms with E-state index in [1.807, 2.05) is 54.0 Å². The molecule has 1 aromatic heterocycles. The summed E-state index contributed by atoms with van der Waals surface area (Å²) < 4.78 is 20.3. The summed E-state index contributed by atoms with van der Waals surface area (Å²) in [6, 6.07) is 21.6. The van der Waals surface area contributed by atoms with Crippen molar-refractivity contribution in [3.05, 3.63) is 95.3 Å². The van der Waals surface area contributed by atoms with Gasteiger partial charge >= 0.3 is 5.97 Å². The standard InChI is InChI=1S/C24H20FN3O2S/c1-16-7-13-20(14-8-16)28-22(17-9-11-19(25)12-10-17)26-27-24(28)31-15-18-5-3-4-6-21(18)23(29)30-2/h3-14H,15H2,1-2H3. The highest BCUT2D eigenvalue weighted by atomic mass is 32.2. The lowest BCUT2D eigenvalue weighted by Gasteiger charge is -2.12. The molecule has 0 aliphatic carbocycles. The molecule has 0 aliphatic heterocycles. The third-order valence-corrected chi connectivity index (χ3v) is 5.79. The van der Waals surface area contributed by atoms with Crippen molar-refractivity contribution >= 4 is 17.7 Å². The predicted octanol–water partition coefficient (Wildman–Crippen LogP) is 5.46. The van der Waals surface area contributed by atoms with Crippen molar-refractivity contribution in [2.75, 3.05) is 7.11 Å². The number of aryl methyl sites for hydroxylation is 1. The van der Waals surface area contributed by atoms with Crippen LogP contribution in [-0.4, -0.2) is 27.8 Å². The summed E-state index contributed by atoms with van der Waals surface area (Å²) in [7, 11) is 1.37. The quantitative estimate of drug-likeness (QED) is 0.298. The molecule has 0 saturated heterocycles. The second kappa shape index (κ2) is 9.14. The summed E-state index contributed by atoms with van der Waals surface area (Å²) in [6.45, 7) is 2.02. The first-order valence-electron chi connectivity index (χ1n) is 9.64. The molecular weight excluding hydrogens is 413 g/mol. The highest BCUT2D eigenvalue weighted by molar-refractivity contribution is 7.98. The number of carbonyl (C=O) groups is 1. The third kappa shape index (κ3) is 4.51. The van der Waals surface area contributed by atoms with Crippen molar-refractivity contribution in [2.45, 2.75) is 17.8 Å². The number of carbonyl (C=O) groups excluding carboxylic acids is 1. The molecule has 5 nitrogen and oxygen atoms in total. The molecule has 156 valence electrons.